The normalized spacial score (nSPS) is 16.2. The van der Waals surface area contributed by atoms with Gasteiger partial charge >= 0.3 is 12.6 Å². The molecule has 166 valence electrons. The predicted molar refractivity (Wildman–Crippen MR) is 103 cm³/mol. The number of halogens is 2. The monoisotopic (exact) mass is 428 g/mol. The van der Waals surface area contributed by atoms with Crippen molar-refractivity contribution in [3.63, 3.8) is 0 Å². The van der Waals surface area contributed by atoms with Crippen LogP contribution in [0.2, 0.25) is 0 Å². The molecular formula is C20H26F2N2O6. The first-order chi connectivity index (χ1) is 14.3. The number of likely N-dealkylation sites (tertiary alicyclic amines) is 1. The van der Waals surface area contributed by atoms with E-state index in [9.17, 15) is 23.2 Å². The van der Waals surface area contributed by atoms with E-state index in [1.807, 2.05) is 0 Å². The Bertz CT molecular complexity index is 774. The topological polar surface area (TPSA) is 85.4 Å². The Morgan fingerprint density at radius 3 is 2.63 bits per heavy atom. The van der Waals surface area contributed by atoms with E-state index in [0.29, 0.717) is 19.4 Å². The lowest BCUT2D eigenvalue weighted by atomic mass is 9.98. The van der Waals surface area contributed by atoms with Crippen LogP contribution < -0.4 is 9.47 Å². The lowest BCUT2D eigenvalue weighted by Gasteiger charge is -2.32. The summed E-state index contributed by atoms with van der Waals surface area (Å²) in [5, 5.41) is 0. The number of likely N-dealkylation sites (N-methyl/N-ethyl adjacent to an activating group) is 1. The van der Waals surface area contributed by atoms with E-state index >= 15 is 0 Å². The molecule has 30 heavy (non-hydrogen) atoms. The quantitative estimate of drug-likeness (QED) is 0.590. The SMILES string of the molecule is CCOC(=O)C1CCCN(C(=O)CN(C)C(=O)c2ccc(OC(F)F)c(OC)c2)C1. The van der Waals surface area contributed by atoms with Crippen LogP contribution in [0.5, 0.6) is 11.5 Å². The number of carbonyl (C=O) groups is 3. The molecule has 0 spiro atoms. The number of amides is 2. The number of methoxy groups -OCH3 is 1. The van der Waals surface area contributed by atoms with Crippen molar-refractivity contribution in [2.75, 3.05) is 40.4 Å². The van der Waals surface area contributed by atoms with E-state index in [4.69, 9.17) is 9.47 Å². The maximum absolute atomic E-state index is 12.7. The number of benzene rings is 1. The van der Waals surface area contributed by atoms with Crippen molar-refractivity contribution in [3.05, 3.63) is 23.8 Å². The van der Waals surface area contributed by atoms with Gasteiger partial charge in [0.25, 0.3) is 5.91 Å². The van der Waals surface area contributed by atoms with Crippen molar-refractivity contribution in [1.82, 2.24) is 9.80 Å². The Balaban J connectivity index is 2.01. The lowest BCUT2D eigenvalue weighted by molar-refractivity contribution is -0.151. The van der Waals surface area contributed by atoms with Crippen LogP contribution in [0.1, 0.15) is 30.1 Å². The fourth-order valence-electron chi connectivity index (χ4n) is 3.25. The Labute approximate surface area is 173 Å². The standard InChI is InChI=1S/C20H26F2N2O6/c1-4-29-19(27)14-6-5-9-24(11-14)17(25)12-23(2)18(26)13-7-8-15(30-20(21)22)16(10-13)28-3/h7-8,10,14,20H,4-6,9,11-12H2,1-3H3. The maximum Gasteiger partial charge on any atom is 0.387 e. The van der Waals surface area contributed by atoms with Gasteiger partial charge in [0.05, 0.1) is 26.2 Å². The van der Waals surface area contributed by atoms with Crippen molar-refractivity contribution in [2.24, 2.45) is 5.92 Å². The van der Waals surface area contributed by atoms with Gasteiger partial charge in [0.15, 0.2) is 11.5 Å². The zero-order chi connectivity index (χ0) is 22.3. The average molecular weight is 428 g/mol. The second-order valence-corrected chi connectivity index (χ2v) is 6.84. The second kappa shape index (κ2) is 10.7. The number of carbonyl (C=O) groups excluding carboxylic acids is 3. The third kappa shape index (κ3) is 6.04. The molecule has 0 N–H and O–H groups in total. The molecule has 0 aromatic heterocycles. The third-order valence-corrected chi connectivity index (χ3v) is 4.74. The Hall–Kier alpha value is -2.91. The smallest absolute Gasteiger partial charge is 0.387 e. The molecule has 1 fully saturated rings. The molecule has 0 aliphatic carbocycles. The van der Waals surface area contributed by atoms with Crippen LogP contribution in [0.25, 0.3) is 0 Å². The van der Waals surface area contributed by atoms with Crippen molar-refractivity contribution in [2.45, 2.75) is 26.4 Å². The summed E-state index contributed by atoms with van der Waals surface area (Å²) in [6.45, 7) is -0.441. The molecule has 0 saturated carbocycles. The van der Waals surface area contributed by atoms with Crippen LogP contribution in [0.4, 0.5) is 8.78 Å². The van der Waals surface area contributed by atoms with Gasteiger partial charge in [0.2, 0.25) is 5.91 Å². The molecule has 2 rings (SSSR count). The number of hydrogen-bond acceptors (Lipinski definition) is 6. The minimum Gasteiger partial charge on any atom is -0.493 e. The molecule has 1 heterocycles. The first kappa shape index (κ1) is 23.4. The first-order valence-corrected chi connectivity index (χ1v) is 9.59. The summed E-state index contributed by atoms with van der Waals surface area (Å²) in [5.74, 6) is -1.67. The number of nitrogens with zero attached hydrogens (tertiary/aromatic N) is 2. The molecule has 10 heteroatoms. The van der Waals surface area contributed by atoms with E-state index in [-0.39, 0.29) is 54.6 Å². The zero-order valence-corrected chi connectivity index (χ0v) is 17.2. The maximum atomic E-state index is 12.7. The van der Waals surface area contributed by atoms with Crippen molar-refractivity contribution in [1.29, 1.82) is 0 Å². The highest BCUT2D eigenvalue weighted by Crippen LogP contribution is 2.29. The molecular weight excluding hydrogens is 402 g/mol. The van der Waals surface area contributed by atoms with Crippen LogP contribution in [-0.4, -0.2) is 74.6 Å². The van der Waals surface area contributed by atoms with Crippen molar-refractivity contribution < 1.29 is 37.4 Å². The van der Waals surface area contributed by atoms with E-state index in [1.165, 1.54) is 37.3 Å². The minimum atomic E-state index is -3.02. The van der Waals surface area contributed by atoms with E-state index in [1.54, 1.807) is 11.8 Å². The zero-order valence-electron chi connectivity index (χ0n) is 17.2. The molecule has 1 aromatic carbocycles. The van der Waals surface area contributed by atoms with Crippen LogP contribution in [0.3, 0.4) is 0 Å². The van der Waals surface area contributed by atoms with Gasteiger partial charge in [-0.15, -0.1) is 0 Å². The Kier molecular flexibility index (Phi) is 8.37. The number of esters is 1. The fraction of sp³-hybridized carbons (Fsp3) is 0.550. The molecule has 1 aromatic rings. The van der Waals surface area contributed by atoms with Gasteiger partial charge in [-0.3, -0.25) is 14.4 Å². The van der Waals surface area contributed by atoms with Crippen LogP contribution in [0.15, 0.2) is 18.2 Å². The summed E-state index contributed by atoms with van der Waals surface area (Å²) in [7, 11) is 2.73. The summed E-state index contributed by atoms with van der Waals surface area (Å²) in [4.78, 5) is 40.0. The molecule has 1 unspecified atom stereocenters. The van der Waals surface area contributed by atoms with Crippen LogP contribution in [0, 0.1) is 5.92 Å². The molecule has 1 aliphatic rings. The van der Waals surface area contributed by atoms with Crippen LogP contribution >= 0.6 is 0 Å². The van der Waals surface area contributed by atoms with Gasteiger partial charge in [0, 0.05) is 25.7 Å². The summed E-state index contributed by atoms with van der Waals surface area (Å²) in [5.41, 5.74) is 0.159. The largest absolute Gasteiger partial charge is 0.493 e. The van der Waals surface area contributed by atoms with Crippen molar-refractivity contribution >= 4 is 17.8 Å². The molecule has 0 radical (unpaired) electrons. The van der Waals surface area contributed by atoms with Gasteiger partial charge in [-0.2, -0.15) is 8.78 Å². The van der Waals surface area contributed by atoms with Gasteiger partial charge in [-0.25, -0.2) is 0 Å². The molecule has 1 aliphatic heterocycles. The number of rotatable bonds is 8. The fourth-order valence-corrected chi connectivity index (χ4v) is 3.25. The summed E-state index contributed by atoms with van der Waals surface area (Å²) >= 11 is 0. The van der Waals surface area contributed by atoms with Gasteiger partial charge in [0.1, 0.15) is 0 Å². The van der Waals surface area contributed by atoms with E-state index in [2.05, 4.69) is 4.74 Å². The molecule has 1 saturated heterocycles. The summed E-state index contributed by atoms with van der Waals surface area (Å²) < 4.78 is 39.3. The van der Waals surface area contributed by atoms with Gasteiger partial charge < -0.3 is 24.0 Å². The Morgan fingerprint density at radius 2 is 2.00 bits per heavy atom. The highest BCUT2D eigenvalue weighted by atomic mass is 19.3. The first-order valence-electron chi connectivity index (χ1n) is 9.59. The molecule has 1 atom stereocenters. The van der Waals surface area contributed by atoms with Crippen LogP contribution in [-0.2, 0) is 14.3 Å². The van der Waals surface area contributed by atoms with Gasteiger partial charge in [-0.1, -0.05) is 0 Å². The summed E-state index contributed by atoms with van der Waals surface area (Å²) in [6, 6.07) is 3.81. The lowest BCUT2D eigenvalue weighted by Crippen LogP contribution is -2.47. The van der Waals surface area contributed by atoms with E-state index < -0.39 is 12.5 Å². The number of alkyl halides is 2. The average Bonchev–Trinajstić information content (AvgIpc) is 2.73. The number of hydrogen-bond donors (Lipinski definition) is 0. The number of piperidine rings is 1. The van der Waals surface area contributed by atoms with Gasteiger partial charge in [-0.05, 0) is 38.0 Å². The molecule has 0 bridgehead atoms. The highest BCUT2D eigenvalue weighted by molar-refractivity contribution is 5.97. The minimum absolute atomic E-state index is 0.0193. The third-order valence-electron chi connectivity index (χ3n) is 4.74. The second-order valence-electron chi connectivity index (χ2n) is 6.84. The number of ether oxygens (including phenoxy) is 3. The Morgan fingerprint density at radius 1 is 1.27 bits per heavy atom. The molecule has 2 amide bonds. The predicted octanol–water partition coefficient (Wildman–Crippen LogP) is 2.17. The summed E-state index contributed by atoms with van der Waals surface area (Å²) in [6.07, 6.45) is 1.33. The highest BCUT2D eigenvalue weighted by Gasteiger charge is 2.30. The van der Waals surface area contributed by atoms with E-state index in [0.717, 1.165) is 0 Å². The molecule has 8 nitrogen and oxygen atoms in total. The van der Waals surface area contributed by atoms with Crippen molar-refractivity contribution in [3.8, 4) is 11.5 Å².